The Labute approximate surface area is 121 Å². The van der Waals surface area contributed by atoms with Crippen molar-refractivity contribution in [1.29, 1.82) is 0 Å². The Bertz CT molecular complexity index is 532. The first kappa shape index (κ1) is 16.5. The number of halogens is 4. The molecular weight excluding hydrogens is 341 g/mol. The summed E-state index contributed by atoms with van der Waals surface area (Å²) in [6.45, 7) is 1.38. The molecule has 20 heavy (non-hydrogen) atoms. The van der Waals surface area contributed by atoms with Crippen LogP contribution in [0.2, 0.25) is 0 Å². The Morgan fingerprint density at radius 3 is 2.40 bits per heavy atom. The fourth-order valence-electron chi connectivity index (χ4n) is 1.51. The minimum absolute atomic E-state index is 0.209. The molecule has 1 unspecified atom stereocenters. The lowest BCUT2D eigenvalue weighted by atomic mass is 10.1. The van der Waals surface area contributed by atoms with Crippen LogP contribution in [0.5, 0.6) is 0 Å². The molecule has 1 atom stereocenters. The van der Waals surface area contributed by atoms with Crippen LogP contribution in [0.25, 0.3) is 0 Å². The summed E-state index contributed by atoms with van der Waals surface area (Å²) in [6, 6.07) is 2.27. The number of hydrogen-bond donors (Lipinski definition) is 2. The van der Waals surface area contributed by atoms with Crippen molar-refractivity contribution in [2.24, 2.45) is 0 Å². The maximum absolute atomic E-state index is 12.9. The molecule has 1 aromatic rings. The number of hydrogen-bond acceptors (Lipinski definition) is 2. The number of rotatable bonds is 3. The van der Waals surface area contributed by atoms with Crippen molar-refractivity contribution in [3.05, 3.63) is 33.8 Å². The SMILES string of the molecule is CNC(=O)C(C)NC(=O)c1ccc(Br)cc1C(F)(F)F. The monoisotopic (exact) mass is 352 g/mol. The summed E-state index contributed by atoms with van der Waals surface area (Å²) < 4.78 is 38.8. The van der Waals surface area contributed by atoms with Gasteiger partial charge in [0.2, 0.25) is 5.91 Å². The molecule has 4 nitrogen and oxygen atoms in total. The Kier molecular flexibility index (Phi) is 5.15. The van der Waals surface area contributed by atoms with Crippen LogP contribution in [-0.2, 0) is 11.0 Å². The zero-order chi connectivity index (χ0) is 15.5. The Morgan fingerprint density at radius 2 is 1.90 bits per heavy atom. The summed E-state index contributed by atoms with van der Waals surface area (Å²) in [5, 5.41) is 4.50. The second-order valence-electron chi connectivity index (χ2n) is 4.00. The van der Waals surface area contributed by atoms with Gasteiger partial charge in [-0.05, 0) is 25.1 Å². The molecule has 8 heteroatoms. The van der Waals surface area contributed by atoms with Gasteiger partial charge in [0.15, 0.2) is 0 Å². The molecule has 110 valence electrons. The molecule has 0 spiro atoms. The molecule has 2 amide bonds. The van der Waals surface area contributed by atoms with Gasteiger partial charge in [0.25, 0.3) is 5.91 Å². The summed E-state index contributed by atoms with van der Waals surface area (Å²) in [5.74, 6) is -1.45. The van der Waals surface area contributed by atoms with Crippen LogP contribution >= 0.6 is 15.9 Å². The third-order valence-corrected chi connectivity index (χ3v) is 3.01. The van der Waals surface area contributed by atoms with Crippen molar-refractivity contribution in [3.63, 3.8) is 0 Å². The van der Waals surface area contributed by atoms with Crippen LogP contribution in [0.1, 0.15) is 22.8 Å². The van der Waals surface area contributed by atoms with E-state index >= 15 is 0 Å². The fraction of sp³-hybridized carbons (Fsp3) is 0.333. The zero-order valence-corrected chi connectivity index (χ0v) is 12.2. The molecule has 0 aliphatic carbocycles. The number of alkyl halides is 3. The normalized spacial score (nSPS) is 12.7. The van der Waals surface area contributed by atoms with E-state index in [1.54, 1.807) is 0 Å². The number of carbonyl (C=O) groups excluding carboxylic acids is 2. The van der Waals surface area contributed by atoms with Crippen molar-refractivity contribution in [1.82, 2.24) is 10.6 Å². The maximum Gasteiger partial charge on any atom is 0.417 e. The number of benzene rings is 1. The van der Waals surface area contributed by atoms with Crippen LogP contribution < -0.4 is 10.6 Å². The summed E-state index contributed by atoms with van der Waals surface area (Å²) in [4.78, 5) is 23.1. The highest BCUT2D eigenvalue weighted by Crippen LogP contribution is 2.33. The average Bonchev–Trinajstić information content (AvgIpc) is 2.36. The van der Waals surface area contributed by atoms with Gasteiger partial charge >= 0.3 is 6.18 Å². The Morgan fingerprint density at radius 1 is 1.30 bits per heavy atom. The molecule has 0 bridgehead atoms. The van der Waals surface area contributed by atoms with Gasteiger partial charge in [0.1, 0.15) is 6.04 Å². The molecule has 1 aromatic carbocycles. The van der Waals surface area contributed by atoms with Crippen LogP contribution in [0.15, 0.2) is 22.7 Å². The Balaban J connectivity index is 3.08. The van der Waals surface area contributed by atoms with Gasteiger partial charge in [0, 0.05) is 11.5 Å². The van der Waals surface area contributed by atoms with Gasteiger partial charge in [-0.15, -0.1) is 0 Å². The molecule has 0 saturated heterocycles. The number of nitrogens with one attached hydrogen (secondary N) is 2. The van der Waals surface area contributed by atoms with E-state index in [1.807, 2.05) is 0 Å². The molecule has 0 saturated carbocycles. The van der Waals surface area contributed by atoms with E-state index in [2.05, 4.69) is 26.6 Å². The van der Waals surface area contributed by atoms with Crippen LogP contribution in [-0.4, -0.2) is 24.9 Å². The maximum atomic E-state index is 12.9. The van der Waals surface area contributed by atoms with Gasteiger partial charge < -0.3 is 10.6 Å². The van der Waals surface area contributed by atoms with Crippen LogP contribution in [0, 0.1) is 0 Å². The standard InChI is InChI=1S/C12H12BrF3N2O2/c1-6(10(19)17-2)18-11(20)8-4-3-7(13)5-9(8)12(14,15)16/h3-6H,1-2H3,(H,17,19)(H,18,20). The van der Waals surface area contributed by atoms with E-state index in [0.717, 1.165) is 12.1 Å². The minimum atomic E-state index is -4.66. The van der Waals surface area contributed by atoms with Gasteiger partial charge in [0.05, 0.1) is 11.1 Å². The highest BCUT2D eigenvalue weighted by atomic mass is 79.9. The fourth-order valence-corrected chi connectivity index (χ4v) is 1.87. The second-order valence-corrected chi connectivity index (χ2v) is 4.91. The minimum Gasteiger partial charge on any atom is -0.357 e. The van der Waals surface area contributed by atoms with E-state index < -0.39 is 35.2 Å². The highest BCUT2D eigenvalue weighted by molar-refractivity contribution is 9.10. The van der Waals surface area contributed by atoms with Crippen molar-refractivity contribution in [2.45, 2.75) is 19.1 Å². The average molecular weight is 353 g/mol. The van der Waals surface area contributed by atoms with Crippen molar-refractivity contribution in [2.75, 3.05) is 7.05 Å². The molecule has 0 fully saturated rings. The predicted octanol–water partition coefficient (Wildman–Crippen LogP) is 2.33. The van der Waals surface area contributed by atoms with Gasteiger partial charge in [-0.25, -0.2) is 0 Å². The molecule has 0 heterocycles. The third-order valence-electron chi connectivity index (χ3n) is 2.52. The molecule has 0 radical (unpaired) electrons. The number of amides is 2. The van der Waals surface area contributed by atoms with E-state index in [1.165, 1.54) is 20.0 Å². The molecule has 0 aliphatic rings. The molecule has 2 N–H and O–H groups in total. The second kappa shape index (κ2) is 6.25. The van der Waals surface area contributed by atoms with Gasteiger partial charge in [-0.3, -0.25) is 9.59 Å². The summed E-state index contributed by atoms with van der Waals surface area (Å²) in [5.41, 5.74) is -1.59. The topological polar surface area (TPSA) is 58.2 Å². The Hall–Kier alpha value is -1.57. The summed E-state index contributed by atoms with van der Waals surface area (Å²) in [6.07, 6.45) is -4.66. The lowest BCUT2D eigenvalue weighted by molar-refractivity contribution is -0.138. The van der Waals surface area contributed by atoms with Gasteiger partial charge in [-0.2, -0.15) is 13.2 Å². The predicted molar refractivity (Wildman–Crippen MR) is 70.1 cm³/mol. The summed E-state index contributed by atoms with van der Waals surface area (Å²) in [7, 11) is 1.37. The van der Waals surface area contributed by atoms with E-state index in [4.69, 9.17) is 0 Å². The van der Waals surface area contributed by atoms with Crippen LogP contribution in [0.4, 0.5) is 13.2 Å². The highest BCUT2D eigenvalue weighted by Gasteiger charge is 2.35. The van der Waals surface area contributed by atoms with E-state index in [0.29, 0.717) is 0 Å². The summed E-state index contributed by atoms with van der Waals surface area (Å²) >= 11 is 2.93. The van der Waals surface area contributed by atoms with E-state index in [-0.39, 0.29) is 4.47 Å². The first-order valence-electron chi connectivity index (χ1n) is 5.56. The number of likely N-dealkylation sites (N-methyl/N-ethyl adjacent to an activating group) is 1. The van der Waals surface area contributed by atoms with Crippen molar-refractivity contribution in [3.8, 4) is 0 Å². The first-order valence-corrected chi connectivity index (χ1v) is 6.35. The van der Waals surface area contributed by atoms with Gasteiger partial charge in [-0.1, -0.05) is 15.9 Å². The van der Waals surface area contributed by atoms with E-state index in [9.17, 15) is 22.8 Å². The lowest BCUT2D eigenvalue weighted by Crippen LogP contribution is -2.44. The molecule has 1 rings (SSSR count). The van der Waals surface area contributed by atoms with Crippen LogP contribution in [0.3, 0.4) is 0 Å². The quantitative estimate of drug-likeness (QED) is 0.877. The smallest absolute Gasteiger partial charge is 0.357 e. The third kappa shape index (κ3) is 3.96. The van der Waals surface area contributed by atoms with Crippen molar-refractivity contribution < 1.29 is 22.8 Å². The zero-order valence-electron chi connectivity index (χ0n) is 10.6. The molecular formula is C12H12BrF3N2O2. The lowest BCUT2D eigenvalue weighted by Gasteiger charge is -2.16. The largest absolute Gasteiger partial charge is 0.417 e. The molecule has 0 aromatic heterocycles. The van der Waals surface area contributed by atoms with Crippen molar-refractivity contribution >= 4 is 27.7 Å². The first-order chi connectivity index (χ1) is 9.16. The molecule has 0 aliphatic heterocycles. The number of carbonyl (C=O) groups is 2.